The number of carbonyl (C=O) groups excluding carboxylic acids is 2. The second-order valence-electron chi connectivity index (χ2n) is 8.50. The third-order valence-electron chi connectivity index (χ3n) is 5.92. The average molecular weight is 531 g/mol. The molecule has 0 aliphatic carbocycles. The number of anilines is 1. The van der Waals surface area contributed by atoms with Crippen molar-refractivity contribution in [2.45, 2.75) is 44.6 Å². The van der Waals surface area contributed by atoms with E-state index in [4.69, 9.17) is 4.74 Å². The van der Waals surface area contributed by atoms with E-state index in [1.807, 2.05) is 23.6 Å². The van der Waals surface area contributed by atoms with Crippen LogP contribution in [0.4, 0.5) is 5.69 Å². The van der Waals surface area contributed by atoms with Crippen molar-refractivity contribution in [2.24, 2.45) is 4.99 Å². The third-order valence-corrected chi connectivity index (χ3v) is 8.87. The third kappa shape index (κ3) is 5.92. The van der Waals surface area contributed by atoms with E-state index in [1.54, 1.807) is 6.07 Å². The number of piperidine rings is 1. The lowest BCUT2D eigenvalue weighted by Crippen LogP contribution is -2.35. The van der Waals surface area contributed by atoms with Gasteiger partial charge in [-0.3, -0.25) is 9.59 Å². The molecule has 11 heteroatoms. The molecule has 2 heterocycles. The largest absolute Gasteiger partial charge is 0.380 e. The van der Waals surface area contributed by atoms with E-state index in [0.717, 1.165) is 29.5 Å². The quantitative estimate of drug-likeness (QED) is 0.448. The van der Waals surface area contributed by atoms with Crippen LogP contribution in [0.3, 0.4) is 0 Å². The molecule has 2 aromatic carbocycles. The molecule has 192 valence electrons. The Kier molecular flexibility index (Phi) is 8.35. The second kappa shape index (κ2) is 11.5. The summed E-state index contributed by atoms with van der Waals surface area (Å²) < 4.78 is 35.6. The number of hydrogen-bond donors (Lipinski definition) is 1. The van der Waals surface area contributed by atoms with Gasteiger partial charge >= 0.3 is 0 Å². The molecule has 1 aromatic heterocycles. The first kappa shape index (κ1) is 26.2. The van der Waals surface area contributed by atoms with E-state index >= 15 is 0 Å². The first-order valence-corrected chi connectivity index (χ1v) is 14.2. The number of aromatic nitrogens is 1. The zero-order valence-electron chi connectivity index (χ0n) is 20.4. The SMILES string of the molecule is CCOCCn1c(=NC(=O)c2ccc(S(=O)(=O)N3CCCCC3)cc2)sc2cc(NC(C)=O)ccc21. The summed E-state index contributed by atoms with van der Waals surface area (Å²) >= 11 is 1.34. The highest BCUT2D eigenvalue weighted by molar-refractivity contribution is 7.89. The van der Waals surface area contributed by atoms with Crippen molar-refractivity contribution in [2.75, 3.05) is 31.6 Å². The summed E-state index contributed by atoms with van der Waals surface area (Å²) in [7, 11) is -3.57. The highest BCUT2D eigenvalue weighted by Crippen LogP contribution is 2.23. The van der Waals surface area contributed by atoms with E-state index in [0.29, 0.717) is 48.9 Å². The Hall–Kier alpha value is -2.86. The van der Waals surface area contributed by atoms with Crippen LogP contribution in [0.25, 0.3) is 10.2 Å². The highest BCUT2D eigenvalue weighted by atomic mass is 32.2. The van der Waals surface area contributed by atoms with Gasteiger partial charge in [-0.25, -0.2) is 8.42 Å². The van der Waals surface area contributed by atoms with Crippen molar-refractivity contribution < 1.29 is 22.7 Å². The first-order chi connectivity index (χ1) is 17.3. The van der Waals surface area contributed by atoms with Crippen molar-refractivity contribution in [3.8, 4) is 0 Å². The van der Waals surface area contributed by atoms with Crippen LogP contribution >= 0.6 is 11.3 Å². The number of benzene rings is 2. The zero-order chi connectivity index (χ0) is 25.7. The number of nitrogens with zero attached hydrogens (tertiary/aromatic N) is 3. The van der Waals surface area contributed by atoms with Crippen LogP contribution in [0.15, 0.2) is 52.4 Å². The van der Waals surface area contributed by atoms with Gasteiger partial charge in [-0.2, -0.15) is 9.30 Å². The lowest BCUT2D eigenvalue weighted by Gasteiger charge is -2.25. The summed E-state index contributed by atoms with van der Waals surface area (Å²) in [4.78, 5) is 29.5. The number of amides is 2. The van der Waals surface area contributed by atoms with Crippen LogP contribution in [0.1, 0.15) is 43.5 Å². The van der Waals surface area contributed by atoms with Crippen LogP contribution in [-0.2, 0) is 26.1 Å². The number of nitrogens with one attached hydrogen (secondary N) is 1. The number of hydrogen-bond acceptors (Lipinski definition) is 6. The van der Waals surface area contributed by atoms with Gasteiger partial charge < -0.3 is 14.6 Å². The number of sulfonamides is 1. The van der Waals surface area contributed by atoms with Gasteiger partial charge in [-0.1, -0.05) is 17.8 Å². The molecule has 1 N–H and O–H groups in total. The predicted molar refractivity (Wildman–Crippen MR) is 140 cm³/mol. The fourth-order valence-electron chi connectivity index (χ4n) is 4.13. The highest BCUT2D eigenvalue weighted by Gasteiger charge is 2.26. The van der Waals surface area contributed by atoms with Gasteiger partial charge in [0.2, 0.25) is 15.9 Å². The van der Waals surface area contributed by atoms with Gasteiger partial charge in [0.25, 0.3) is 5.91 Å². The summed E-state index contributed by atoms with van der Waals surface area (Å²) in [6.07, 6.45) is 2.76. The van der Waals surface area contributed by atoms with E-state index < -0.39 is 15.9 Å². The van der Waals surface area contributed by atoms with Crippen molar-refractivity contribution in [1.82, 2.24) is 8.87 Å². The average Bonchev–Trinajstić information content (AvgIpc) is 3.20. The van der Waals surface area contributed by atoms with Crippen LogP contribution in [0, 0.1) is 0 Å². The fourth-order valence-corrected chi connectivity index (χ4v) is 6.74. The van der Waals surface area contributed by atoms with Gasteiger partial charge in [-0.05, 0) is 62.2 Å². The molecule has 1 aliphatic heterocycles. The molecule has 3 aromatic rings. The molecule has 0 saturated carbocycles. The van der Waals surface area contributed by atoms with E-state index in [1.165, 1.54) is 46.8 Å². The van der Waals surface area contributed by atoms with Crippen molar-refractivity contribution >= 4 is 49.1 Å². The van der Waals surface area contributed by atoms with Gasteiger partial charge in [0.15, 0.2) is 4.80 Å². The summed E-state index contributed by atoms with van der Waals surface area (Å²) in [6.45, 7) is 5.95. The van der Waals surface area contributed by atoms with Crippen LogP contribution in [-0.4, -0.2) is 55.4 Å². The molecule has 36 heavy (non-hydrogen) atoms. The molecule has 4 rings (SSSR count). The number of fused-ring (bicyclic) bond motifs is 1. The van der Waals surface area contributed by atoms with Crippen LogP contribution in [0.2, 0.25) is 0 Å². The van der Waals surface area contributed by atoms with Crippen molar-refractivity contribution in [1.29, 1.82) is 0 Å². The standard InChI is InChI=1S/C25H30N4O5S2/c1-3-34-16-15-29-22-12-9-20(26-18(2)30)17-23(22)35-25(29)27-24(31)19-7-10-21(11-8-19)36(32,33)28-13-5-4-6-14-28/h7-12,17H,3-6,13-16H2,1-2H3,(H,26,30). The zero-order valence-corrected chi connectivity index (χ0v) is 22.0. The number of thiazole rings is 1. The summed E-state index contributed by atoms with van der Waals surface area (Å²) in [5, 5.41) is 2.77. The van der Waals surface area contributed by atoms with Crippen molar-refractivity contribution in [3.63, 3.8) is 0 Å². The smallest absolute Gasteiger partial charge is 0.279 e. The molecular weight excluding hydrogens is 500 g/mol. The summed E-state index contributed by atoms with van der Waals surface area (Å²) in [5.74, 6) is -0.628. The number of rotatable bonds is 8. The molecule has 2 amide bonds. The molecule has 1 fully saturated rings. The van der Waals surface area contributed by atoms with Gasteiger partial charge in [-0.15, -0.1) is 0 Å². The van der Waals surface area contributed by atoms with Crippen LogP contribution < -0.4 is 10.1 Å². The topological polar surface area (TPSA) is 110 Å². The number of ether oxygens (including phenoxy) is 1. The molecule has 0 radical (unpaired) electrons. The Balaban J connectivity index is 1.64. The lowest BCUT2D eigenvalue weighted by atomic mass is 10.2. The van der Waals surface area contributed by atoms with Gasteiger partial charge in [0, 0.05) is 44.4 Å². The molecule has 9 nitrogen and oxygen atoms in total. The summed E-state index contributed by atoms with van der Waals surface area (Å²) in [5.41, 5.74) is 1.85. The molecular formula is C25H30N4O5S2. The molecule has 0 bridgehead atoms. The minimum Gasteiger partial charge on any atom is -0.380 e. The van der Waals surface area contributed by atoms with Crippen LogP contribution in [0.5, 0.6) is 0 Å². The molecule has 1 saturated heterocycles. The molecule has 0 unspecified atom stereocenters. The fraction of sp³-hybridized carbons (Fsp3) is 0.400. The minimum atomic E-state index is -3.57. The maximum atomic E-state index is 13.0. The van der Waals surface area contributed by atoms with E-state index in [-0.39, 0.29) is 10.8 Å². The Labute approximate surface area is 214 Å². The van der Waals surface area contributed by atoms with Gasteiger partial charge in [0.1, 0.15) is 0 Å². The molecule has 0 atom stereocenters. The lowest BCUT2D eigenvalue weighted by molar-refractivity contribution is -0.114. The second-order valence-corrected chi connectivity index (χ2v) is 11.5. The Bertz CT molecular complexity index is 1420. The normalized spacial score (nSPS) is 15.3. The summed E-state index contributed by atoms with van der Waals surface area (Å²) in [6, 6.07) is 11.5. The van der Waals surface area contributed by atoms with Gasteiger partial charge in [0.05, 0.1) is 21.7 Å². The Morgan fingerprint density at radius 3 is 2.47 bits per heavy atom. The maximum absolute atomic E-state index is 13.0. The Morgan fingerprint density at radius 1 is 1.08 bits per heavy atom. The maximum Gasteiger partial charge on any atom is 0.279 e. The Morgan fingerprint density at radius 2 is 1.81 bits per heavy atom. The monoisotopic (exact) mass is 530 g/mol. The van der Waals surface area contributed by atoms with Crippen molar-refractivity contribution in [3.05, 3.63) is 52.8 Å². The van der Waals surface area contributed by atoms with E-state index in [9.17, 15) is 18.0 Å². The minimum absolute atomic E-state index is 0.166. The molecule has 0 spiro atoms. The molecule has 1 aliphatic rings. The predicted octanol–water partition coefficient (Wildman–Crippen LogP) is 3.61. The van der Waals surface area contributed by atoms with E-state index in [2.05, 4.69) is 10.3 Å². The first-order valence-electron chi connectivity index (χ1n) is 12.0. The number of carbonyl (C=O) groups is 2.